The molecule has 74 valence electrons. The van der Waals surface area contributed by atoms with Gasteiger partial charge in [-0.3, -0.25) is 0 Å². The second kappa shape index (κ2) is 3.09. The number of nitrogens with zero attached hydrogens (tertiary/aromatic N) is 1. The molecule has 0 N–H and O–H groups in total. The molecule has 1 nitrogen and oxygen atoms in total. The van der Waals surface area contributed by atoms with E-state index in [0.29, 0.717) is 0 Å². The first-order valence-electron chi connectivity index (χ1n) is 5.62. The Kier molecular flexibility index (Phi) is 1.88. The van der Waals surface area contributed by atoms with Crippen molar-refractivity contribution in [2.45, 2.75) is 24.7 Å². The SMILES string of the molecule is CN1CC2CCC(C1)c1ccccc12. The maximum atomic E-state index is 2.50. The molecule has 0 saturated carbocycles. The minimum atomic E-state index is 0.801. The summed E-state index contributed by atoms with van der Waals surface area (Å²) in [4.78, 5) is 2.50. The molecule has 14 heavy (non-hydrogen) atoms. The molecule has 2 aliphatic heterocycles. The van der Waals surface area contributed by atoms with E-state index in [0.717, 1.165) is 11.8 Å². The third-order valence-electron chi connectivity index (χ3n) is 3.80. The second-order valence-corrected chi connectivity index (χ2v) is 4.82. The van der Waals surface area contributed by atoms with Crippen molar-refractivity contribution in [1.82, 2.24) is 4.90 Å². The summed E-state index contributed by atoms with van der Waals surface area (Å²) in [5, 5.41) is 0. The van der Waals surface area contributed by atoms with Crippen LogP contribution in [0.5, 0.6) is 0 Å². The van der Waals surface area contributed by atoms with E-state index in [1.807, 2.05) is 0 Å². The monoisotopic (exact) mass is 187 g/mol. The van der Waals surface area contributed by atoms with Crippen molar-refractivity contribution in [1.29, 1.82) is 0 Å². The lowest BCUT2D eigenvalue weighted by Gasteiger charge is -2.26. The third kappa shape index (κ3) is 1.19. The van der Waals surface area contributed by atoms with Crippen LogP contribution in [0.15, 0.2) is 24.3 Å². The van der Waals surface area contributed by atoms with E-state index < -0.39 is 0 Å². The summed E-state index contributed by atoms with van der Waals surface area (Å²) in [5.41, 5.74) is 3.27. The van der Waals surface area contributed by atoms with Crippen LogP contribution in [0, 0.1) is 0 Å². The summed E-state index contributed by atoms with van der Waals surface area (Å²) >= 11 is 0. The molecule has 2 unspecified atom stereocenters. The number of rotatable bonds is 0. The highest BCUT2D eigenvalue weighted by Gasteiger charge is 2.31. The molecule has 1 aromatic rings. The number of hydrogen-bond donors (Lipinski definition) is 0. The van der Waals surface area contributed by atoms with Crippen molar-refractivity contribution < 1.29 is 0 Å². The van der Waals surface area contributed by atoms with Crippen molar-refractivity contribution in [2.75, 3.05) is 20.1 Å². The second-order valence-electron chi connectivity index (χ2n) is 4.82. The van der Waals surface area contributed by atoms with Gasteiger partial charge in [0.15, 0.2) is 0 Å². The maximum absolute atomic E-state index is 2.50. The largest absolute Gasteiger partial charge is 0.305 e. The zero-order chi connectivity index (χ0) is 9.54. The standard InChI is InChI=1S/C13H17N/c1-14-8-10-6-7-11(9-14)13-5-3-2-4-12(10)13/h2-5,10-11H,6-9H2,1H3. The molecular weight excluding hydrogens is 170 g/mol. The van der Waals surface area contributed by atoms with Gasteiger partial charge in [-0.25, -0.2) is 0 Å². The number of likely N-dealkylation sites (N-methyl/N-ethyl adjacent to an activating group) is 1. The van der Waals surface area contributed by atoms with Crippen molar-refractivity contribution in [3.63, 3.8) is 0 Å². The predicted molar refractivity (Wildman–Crippen MR) is 58.7 cm³/mol. The maximum Gasteiger partial charge on any atom is 0.00476 e. The van der Waals surface area contributed by atoms with Crippen LogP contribution < -0.4 is 0 Å². The van der Waals surface area contributed by atoms with Gasteiger partial charge in [0.25, 0.3) is 0 Å². The van der Waals surface area contributed by atoms with Gasteiger partial charge in [0.1, 0.15) is 0 Å². The average Bonchev–Trinajstić information content (AvgIpc) is 2.47. The van der Waals surface area contributed by atoms with E-state index >= 15 is 0 Å². The van der Waals surface area contributed by atoms with E-state index in [9.17, 15) is 0 Å². The van der Waals surface area contributed by atoms with Crippen molar-refractivity contribution >= 4 is 0 Å². The summed E-state index contributed by atoms with van der Waals surface area (Å²) in [7, 11) is 2.26. The van der Waals surface area contributed by atoms with Crippen LogP contribution in [0.2, 0.25) is 0 Å². The van der Waals surface area contributed by atoms with Crippen LogP contribution in [0.4, 0.5) is 0 Å². The number of hydrogen-bond acceptors (Lipinski definition) is 1. The normalized spacial score (nSPS) is 31.2. The number of benzene rings is 1. The van der Waals surface area contributed by atoms with Crippen LogP contribution >= 0.6 is 0 Å². The van der Waals surface area contributed by atoms with Gasteiger partial charge in [-0.1, -0.05) is 24.3 Å². The molecule has 1 aliphatic carbocycles. The van der Waals surface area contributed by atoms with Gasteiger partial charge in [0.05, 0.1) is 0 Å². The molecule has 0 radical (unpaired) electrons. The highest BCUT2D eigenvalue weighted by atomic mass is 15.1. The zero-order valence-electron chi connectivity index (χ0n) is 8.74. The predicted octanol–water partition coefficient (Wildman–Crippen LogP) is 2.59. The molecule has 1 fully saturated rings. The Balaban J connectivity index is 2.11. The van der Waals surface area contributed by atoms with Crippen LogP contribution in [-0.2, 0) is 0 Å². The van der Waals surface area contributed by atoms with Crippen LogP contribution in [0.3, 0.4) is 0 Å². The quantitative estimate of drug-likeness (QED) is 0.603. The lowest BCUT2D eigenvalue weighted by molar-refractivity contribution is 0.331. The van der Waals surface area contributed by atoms with Gasteiger partial charge in [0.2, 0.25) is 0 Å². The Morgan fingerprint density at radius 2 is 1.50 bits per heavy atom. The van der Waals surface area contributed by atoms with Gasteiger partial charge in [-0.05, 0) is 42.9 Å². The van der Waals surface area contributed by atoms with Gasteiger partial charge in [0, 0.05) is 13.1 Å². The fraction of sp³-hybridized carbons (Fsp3) is 0.538. The molecule has 0 spiro atoms. The molecule has 1 heteroatoms. The third-order valence-corrected chi connectivity index (χ3v) is 3.80. The summed E-state index contributed by atoms with van der Waals surface area (Å²) in [6, 6.07) is 9.07. The minimum Gasteiger partial charge on any atom is -0.305 e. The Labute approximate surface area is 85.7 Å². The van der Waals surface area contributed by atoms with Gasteiger partial charge in [-0.15, -0.1) is 0 Å². The van der Waals surface area contributed by atoms with E-state index in [2.05, 4.69) is 36.2 Å². The molecule has 0 aromatic heterocycles. The first-order chi connectivity index (χ1) is 6.84. The average molecular weight is 187 g/mol. The smallest absolute Gasteiger partial charge is 0.00476 e. The fourth-order valence-corrected chi connectivity index (χ4v) is 3.17. The molecular formula is C13H17N. The molecule has 1 saturated heterocycles. The van der Waals surface area contributed by atoms with Crippen LogP contribution in [-0.4, -0.2) is 25.0 Å². The molecule has 1 aromatic carbocycles. The van der Waals surface area contributed by atoms with E-state index in [1.165, 1.54) is 25.9 Å². The minimum absolute atomic E-state index is 0.801. The Morgan fingerprint density at radius 3 is 2.00 bits per heavy atom. The zero-order valence-corrected chi connectivity index (χ0v) is 8.74. The Hall–Kier alpha value is -0.820. The van der Waals surface area contributed by atoms with E-state index in [1.54, 1.807) is 11.1 Å². The molecule has 2 heterocycles. The molecule has 2 atom stereocenters. The molecule has 2 bridgehead atoms. The van der Waals surface area contributed by atoms with Crippen molar-refractivity contribution in [3.8, 4) is 0 Å². The van der Waals surface area contributed by atoms with Gasteiger partial charge >= 0.3 is 0 Å². The summed E-state index contributed by atoms with van der Waals surface area (Å²) in [6.45, 7) is 2.51. The van der Waals surface area contributed by atoms with E-state index in [4.69, 9.17) is 0 Å². The topological polar surface area (TPSA) is 3.24 Å². The van der Waals surface area contributed by atoms with Crippen molar-refractivity contribution in [2.24, 2.45) is 0 Å². The lowest BCUT2D eigenvalue weighted by atomic mass is 9.78. The highest BCUT2D eigenvalue weighted by Crippen LogP contribution is 2.41. The van der Waals surface area contributed by atoms with E-state index in [-0.39, 0.29) is 0 Å². The summed E-state index contributed by atoms with van der Waals surface area (Å²) in [6.07, 6.45) is 2.79. The first kappa shape index (κ1) is 8.49. The fourth-order valence-electron chi connectivity index (χ4n) is 3.17. The van der Waals surface area contributed by atoms with Gasteiger partial charge in [-0.2, -0.15) is 0 Å². The Morgan fingerprint density at radius 1 is 1.00 bits per heavy atom. The highest BCUT2D eigenvalue weighted by molar-refractivity contribution is 5.37. The summed E-state index contributed by atoms with van der Waals surface area (Å²) < 4.78 is 0. The number of fused-ring (bicyclic) bond motifs is 3. The first-order valence-corrected chi connectivity index (χ1v) is 5.62. The van der Waals surface area contributed by atoms with Crippen molar-refractivity contribution in [3.05, 3.63) is 35.4 Å². The van der Waals surface area contributed by atoms with Gasteiger partial charge < -0.3 is 4.90 Å². The molecule has 4 rings (SSSR count). The molecule has 3 aliphatic rings. The lowest BCUT2D eigenvalue weighted by Crippen LogP contribution is -2.22. The van der Waals surface area contributed by atoms with Crippen LogP contribution in [0.1, 0.15) is 35.8 Å². The summed E-state index contributed by atoms with van der Waals surface area (Å²) in [5.74, 6) is 1.60. The Bertz CT molecular complexity index is 312. The van der Waals surface area contributed by atoms with Crippen LogP contribution in [0.25, 0.3) is 0 Å². The molecule has 0 amide bonds.